The van der Waals surface area contributed by atoms with Gasteiger partial charge in [-0.15, -0.1) is 0 Å². The van der Waals surface area contributed by atoms with E-state index in [9.17, 15) is 0 Å². The van der Waals surface area contributed by atoms with Gasteiger partial charge in [0.1, 0.15) is 0 Å². The van der Waals surface area contributed by atoms with Crippen LogP contribution in [0.3, 0.4) is 0 Å². The maximum atomic E-state index is 4.71. The van der Waals surface area contributed by atoms with Crippen LogP contribution in [-0.2, 0) is 17.1 Å². The molecule has 0 saturated carbocycles. The molecular weight excluding hydrogens is 480 g/mol. The Bertz CT molecular complexity index is 1720. The minimum atomic E-state index is 0. The summed E-state index contributed by atoms with van der Waals surface area (Å²) in [4.78, 5) is 37.5. The molecule has 0 radical (unpaired) electrons. The maximum absolute atomic E-state index is 4.71. The molecule has 8 nitrogen and oxygen atoms in total. The van der Waals surface area contributed by atoms with Gasteiger partial charge < -0.3 is 29.9 Å². The van der Waals surface area contributed by atoms with Crippen LogP contribution in [-0.4, -0.2) is 29.9 Å². The quantitative estimate of drug-likeness (QED) is 0.282. The molecule has 0 atom stereocenters. The van der Waals surface area contributed by atoms with Gasteiger partial charge in [-0.2, -0.15) is 0 Å². The molecular formula is C26H14FeN8. The van der Waals surface area contributed by atoms with Crippen molar-refractivity contribution in [3.8, 4) is 0 Å². The van der Waals surface area contributed by atoms with Crippen LogP contribution >= 0.6 is 0 Å². The minimum absolute atomic E-state index is 0. The normalized spacial score (nSPS) is 11.2. The molecule has 7 aromatic rings. The predicted molar refractivity (Wildman–Crippen MR) is 131 cm³/mol. The first-order valence-electron chi connectivity index (χ1n) is 10.7. The van der Waals surface area contributed by atoms with E-state index in [1.807, 2.05) is 84.9 Å². The monoisotopic (exact) mass is 494 g/mol. The number of rotatable bonds is 0. The van der Waals surface area contributed by atoms with Gasteiger partial charge in [0.05, 0.1) is 22.6 Å². The molecule has 5 heterocycles. The van der Waals surface area contributed by atoms with E-state index in [1.165, 1.54) is 0 Å². The Balaban J connectivity index is 0.00000229. The number of pyridine rings is 2. The van der Waals surface area contributed by atoms with Gasteiger partial charge in [-0.1, -0.05) is 60.7 Å². The molecule has 0 aliphatic carbocycles. The summed E-state index contributed by atoms with van der Waals surface area (Å²) >= 11 is 0. The zero-order chi connectivity index (χ0) is 22.5. The van der Waals surface area contributed by atoms with E-state index in [1.54, 1.807) is 0 Å². The van der Waals surface area contributed by atoms with Crippen molar-refractivity contribution in [3.63, 3.8) is 0 Å². The van der Waals surface area contributed by atoms with E-state index in [-0.39, 0.29) is 17.1 Å². The third-order valence-corrected chi connectivity index (χ3v) is 5.56. The summed E-state index contributed by atoms with van der Waals surface area (Å²) in [5, 5.41) is 3.57. The summed E-state index contributed by atoms with van der Waals surface area (Å²) in [6.07, 6.45) is 0. The van der Waals surface area contributed by atoms with Gasteiger partial charge in [-0.05, 0) is 45.8 Å². The molecule has 35 heavy (non-hydrogen) atoms. The van der Waals surface area contributed by atoms with Crippen molar-refractivity contribution in [2.24, 2.45) is 0 Å². The summed E-state index contributed by atoms with van der Waals surface area (Å²) in [5.41, 5.74) is 4.20. The molecule has 9 heteroatoms. The van der Waals surface area contributed by atoms with Gasteiger partial charge in [-0.3, -0.25) is 0 Å². The fourth-order valence-electron chi connectivity index (χ4n) is 4.04. The Morgan fingerprint density at radius 2 is 0.629 bits per heavy atom. The number of benzene rings is 2. The average molecular weight is 494 g/mol. The Labute approximate surface area is 208 Å². The van der Waals surface area contributed by atoms with Crippen LogP contribution < -0.4 is 9.97 Å². The van der Waals surface area contributed by atoms with Gasteiger partial charge in [0, 0.05) is 22.6 Å². The maximum Gasteiger partial charge on any atom is 2.00 e. The van der Waals surface area contributed by atoms with Crippen molar-refractivity contribution < 1.29 is 17.1 Å². The van der Waals surface area contributed by atoms with Gasteiger partial charge in [0.2, 0.25) is 0 Å². The molecule has 2 aromatic carbocycles. The van der Waals surface area contributed by atoms with Crippen molar-refractivity contribution in [1.29, 1.82) is 0 Å². The molecule has 0 spiro atoms. The van der Waals surface area contributed by atoms with E-state index in [2.05, 4.69) is 9.97 Å². The second-order valence-corrected chi connectivity index (χ2v) is 7.76. The summed E-state index contributed by atoms with van der Waals surface area (Å²) in [6.45, 7) is 0. The van der Waals surface area contributed by atoms with Crippen molar-refractivity contribution in [2.45, 2.75) is 0 Å². The molecule has 7 rings (SSSR count). The van der Waals surface area contributed by atoms with Gasteiger partial charge in [0.25, 0.3) is 0 Å². The van der Waals surface area contributed by atoms with Crippen molar-refractivity contribution in [3.05, 3.63) is 84.9 Å². The van der Waals surface area contributed by atoms with Crippen molar-refractivity contribution >= 4 is 66.7 Å². The van der Waals surface area contributed by atoms with Crippen LogP contribution in [0.1, 0.15) is 0 Å². The zero-order valence-corrected chi connectivity index (χ0v) is 19.1. The average Bonchev–Trinajstić information content (AvgIpc) is 3.37. The largest absolute Gasteiger partial charge is 2.00 e. The molecule has 0 N–H and O–H groups in total. The van der Waals surface area contributed by atoms with Gasteiger partial charge >= 0.3 is 17.1 Å². The fraction of sp³-hybridized carbons (Fsp3) is 0. The Morgan fingerprint density at radius 1 is 0.343 bits per heavy atom. The second-order valence-electron chi connectivity index (χ2n) is 7.76. The van der Waals surface area contributed by atoms with E-state index in [0.717, 1.165) is 21.5 Å². The first-order valence-corrected chi connectivity index (χ1v) is 10.7. The van der Waals surface area contributed by atoms with E-state index >= 15 is 0 Å². The van der Waals surface area contributed by atoms with Crippen LogP contribution in [0.2, 0.25) is 0 Å². The number of hydrogen-bond acceptors (Lipinski definition) is 6. The summed E-state index contributed by atoms with van der Waals surface area (Å²) in [6, 6.07) is 26.8. The second kappa shape index (κ2) is 8.39. The predicted octanol–water partition coefficient (Wildman–Crippen LogP) is 4.57. The molecule has 0 saturated heterocycles. The standard InChI is InChI=1S/C26H14N8.Fe/c1-2-8-16-15(7-1)23-29-19-11-5-13-21(27-19)31-25-17-9-3-4-10-18(17)26(34-25)32-22-14-6-12-20(28-22)30-24(16)33-23;/h1-14H;/q-2;+2. The van der Waals surface area contributed by atoms with E-state index in [0.29, 0.717) is 45.2 Å². The van der Waals surface area contributed by atoms with Crippen LogP contribution in [0, 0.1) is 0 Å². The molecule has 0 aliphatic rings. The molecule has 0 unspecified atom stereocenters. The number of aromatic nitrogens is 8. The Kier molecular flexibility index (Phi) is 5.06. The summed E-state index contributed by atoms with van der Waals surface area (Å²) in [7, 11) is 0. The zero-order valence-electron chi connectivity index (χ0n) is 18.0. The molecule has 5 aromatic heterocycles. The fourth-order valence-corrected chi connectivity index (χ4v) is 4.04. The van der Waals surface area contributed by atoms with Gasteiger partial charge in [-0.25, -0.2) is 9.97 Å². The first-order chi connectivity index (χ1) is 16.8. The number of fused-ring (bicyclic) bond motifs is 14. The molecule has 0 aliphatic heterocycles. The van der Waals surface area contributed by atoms with Crippen LogP contribution in [0.5, 0.6) is 0 Å². The molecule has 0 amide bonds. The third-order valence-electron chi connectivity index (χ3n) is 5.56. The van der Waals surface area contributed by atoms with E-state index in [4.69, 9.17) is 29.9 Å². The first kappa shape index (κ1) is 21.1. The summed E-state index contributed by atoms with van der Waals surface area (Å²) in [5.74, 6) is 0. The SMILES string of the molecule is [Fe+2].c1cc2nc(c1)nc1[n-]c(nc3cccc(n3)nc3[n-]c(n2)c2ccccc32)c2ccccc12. The van der Waals surface area contributed by atoms with Crippen molar-refractivity contribution in [2.75, 3.05) is 0 Å². The van der Waals surface area contributed by atoms with Crippen LogP contribution in [0.15, 0.2) is 84.9 Å². The Hall–Kier alpha value is -4.46. The van der Waals surface area contributed by atoms with Crippen LogP contribution in [0.4, 0.5) is 0 Å². The van der Waals surface area contributed by atoms with Crippen LogP contribution in [0.25, 0.3) is 66.7 Å². The van der Waals surface area contributed by atoms with Crippen molar-refractivity contribution in [1.82, 2.24) is 39.9 Å². The number of hydrogen-bond donors (Lipinski definition) is 0. The van der Waals surface area contributed by atoms with Gasteiger partial charge in [0.15, 0.2) is 0 Å². The Morgan fingerprint density at radius 3 is 0.914 bits per heavy atom. The summed E-state index contributed by atoms with van der Waals surface area (Å²) < 4.78 is 0. The number of nitrogens with zero attached hydrogens (tertiary/aromatic N) is 8. The topological polar surface area (TPSA) is 106 Å². The third kappa shape index (κ3) is 3.73. The molecule has 8 bridgehead atoms. The molecule has 166 valence electrons. The minimum Gasteiger partial charge on any atom is -0.357 e. The smallest absolute Gasteiger partial charge is 0.357 e. The van der Waals surface area contributed by atoms with E-state index < -0.39 is 0 Å². The molecule has 0 fully saturated rings.